The molecule has 0 saturated carbocycles. The number of fused-ring (bicyclic) bond motifs is 1. The molecule has 0 aliphatic carbocycles. The molecule has 0 saturated heterocycles. The van der Waals surface area contributed by atoms with E-state index in [4.69, 9.17) is 4.98 Å². The van der Waals surface area contributed by atoms with Crippen LogP contribution in [-0.2, 0) is 13.0 Å². The number of carbonyl (C=O) groups is 1. The first-order valence-corrected chi connectivity index (χ1v) is 15.9. The number of imidazole rings is 1. The van der Waals surface area contributed by atoms with Crippen LogP contribution in [0.15, 0.2) is 48.7 Å². The zero-order valence-electron chi connectivity index (χ0n) is 24.5. The van der Waals surface area contributed by atoms with Crippen molar-refractivity contribution < 1.29 is 4.79 Å². The van der Waals surface area contributed by atoms with Gasteiger partial charge in [-0.05, 0) is 37.1 Å². The summed E-state index contributed by atoms with van der Waals surface area (Å²) >= 11 is 0. The number of para-hydroxylation sites is 2. The number of rotatable bonds is 22. The molecule has 2 aromatic heterocycles. The normalized spacial score (nSPS) is 11.3. The zero-order valence-corrected chi connectivity index (χ0v) is 24.5. The number of hydrogen-bond donors (Lipinski definition) is 1. The van der Waals surface area contributed by atoms with E-state index in [0.29, 0.717) is 12.2 Å². The molecule has 0 radical (unpaired) electrons. The van der Waals surface area contributed by atoms with Crippen molar-refractivity contribution in [3.63, 3.8) is 0 Å². The van der Waals surface area contributed by atoms with Crippen LogP contribution in [0.4, 0.5) is 0 Å². The Morgan fingerprint density at radius 1 is 0.718 bits per heavy atom. The van der Waals surface area contributed by atoms with E-state index >= 15 is 0 Å². The Balaban J connectivity index is 1.26. The summed E-state index contributed by atoms with van der Waals surface area (Å²) in [6.07, 6.45) is 25.6. The molecule has 3 aromatic rings. The van der Waals surface area contributed by atoms with Crippen molar-refractivity contribution in [1.82, 2.24) is 19.9 Å². The average molecular weight is 533 g/mol. The van der Waals surface area contributed by atoms with Crippen molar-refractivity contribution in [2.75, 3.05) is 6.54 Å². The molecular formula is C34H52N4O. The van der Waals surface area contributed by atoms with E-state index in [1.807, 2.05) is 12.1 Å². The summed E-state index contributed by atoms with van der Waals surface area (Å²) in [6.45, 7) is 3.94. The van der Waals surface area contributed by atoms with Gasteiger partial charge in [0.25, 0.3) is 5.91 Å². The van der Waals surface area contributed by atoms with Crippen LogP contribution < -0.4 is 5.32 Å². The van der Waals surface area contributed by atoms with Crippen LogP contribution in [0.2, 0.25) is 0 Å². The fourth-order valence-electron chi connectivity index (χ4n) is 5.42. The van der Waals surface area contributed by atoms with Gasteiger partial charge in [0.15, 0.2) is 0 Å². The Hall–Kier alpha value is -2.69. The van der Waals surface area contributed by atoms with Gasteiger partial charge < -0.3 is 9.88 Å². The second-order valence-corrected chi connectivity index (χ2v) is 11.0. The number of carbonyl (C=O) groups excluding carboxylic acids is 1. The molecule has 0 spiro atoms. The van der Waals surface area contributed by atoms with Crippen LogP contribution >= 0.6 is 0 Å². The van der Waals surface area contributed by atoms with Gasteiger partial charge in [-0.25, -0.2) is 4.98 Å². The molecule has 0 aliphatic rings. The van der Waals surface area contributed by atoms with Crippen molar-refractivity contribution in [3.8, 4) is 0 Å². The van der Waals surface area contributed by atoms with Crippen molar-refractivity contribution in [2.45, 2.75) is 129 Å². The average Bonchev–Trinajstić information content (AvgIpc) is 3.32. The number of amides is 1. The third kappa shape index (κ3) is 11.9. The topological polar surface area (TPSA) is 59.8 Å². The number of aryl methyl sites for hydroxylation is 2. The third-order valence-corrected chi connectivity index (χ3v) is 7.73. The molecule has 214 valence electrons. The van der Waals surface area contributed by atoms with E-state index in [-0.39, 0.29) is 5.91 Å². The van der Waals surface area contributed by atoms with Crippen molar-refractivity contribution in [2.24, 2.45) is 0 Å². The van der Waals surface area contributed by atoms with Crippen LogP contribution in [0.5, 0.6) is 0 Å². The molecule has 1 N–H and O–H groups in total. The van der Waals surface area contributed by atoms with Gasteiger partial charge in [0, 0.05) is 25.7 Å². The predicted molar refractivity (Wildman–Crippen MR) is 164 cm³/mol. The number of pyridine rings is 1. The maximum atomic E-state index is 12.2. The number of hydrogen-bond acceptors (Lipinski definition) is 3. The van der Waals surface area contributed by atoms with Crippen LogP contribution in [0.25, 0.3) is 11.0 Å². The van der Waals surface area contributed by atoms with Crippen LogP contribution in [-0.4, -0.2) is 27.0 Å². The smallest absolute Gasteiger partial charge is 0.269 e. The summed E-state index contributed by atoms with van der Waals surface area (Å²) in [5.41, 5.74) is 2.76. The number of nitrogens with one attached hydrogen (secondary N) is 1. The minimum atomic E-state index is -0.114. The van der Waals surface area contributed by atoms with E-state index in [0.717, 1.165) is 30.7 Å². The van der Waals surface area contributed by atoms with Crippen molar-refractivity contribution in [1.29, 1.82) is 0 Å². The quantitative estimate of drug-likeness (QED) is 0.131. The van der Waals surface area contributed by atoms with E-state index < -0.39 is 0 Å². The van der Waals surface area contributed by atoms with Crippen LogP contribution in [0.1, 0.15) is 132 Å². The van der Waals surface area contributed by atoms with Gasteiger partial charge in [-0.15, -0.1) is 0 Å². The molecule has 5 heteroatoms. The number of aromatic nitrogens is 3. The SMILES string of the molecule is CCCCCCCCCCCCCCCCCCn1c(CCCNC(=O)c2ccccn2)nc2ccccc21. The van der Waals surface area contributed by atoms with Crippen LogP contribution in [0, 0.1) is 0 Å². The molecule has 0 unspecified atom stereocenters. The number of unbranched alkanes of at least 4 members (excludes halogenated alkanes) is 15. The molecule has 2 heterocycles. The molecule has 0 aliphatic heterocycles. The fourth-order valence-corrected chi connectivity index (χ4v) is 5.42. The number of benzene rings is 1. The summed E-state index contributed by atoms with van der Waals surface area (Å²) in [6, 6.07) is 13.8. The first-order chi connectivity index (χ1) is 19.3. The lowest BCUT2D eigenvalue weighted by molar-refractivity contribution is 0.0948. The second-order valence-electron chi connectivity index (χ2n) is 11.0. The van der Waals surface area contributed by atoms with Gasteiger partial charge in [-0.1, -0.05) is 121 Å². The van der Waals surface area contributed by atoms with Crippen molar-refractivity contribution >= 4 is 16.9 Å². The summed E-state index contributed by atoms with van der Waals surface area (Å²) in [4.78, 5) is 21.3. The lowest BCUT2D eigenvalue weighted by Crippen LogP contribution is -2.25. The molecule has 0 atom stereocenters. The van der Waals surface area contributed by atoms with Crippen LogP contribution in [0.3, 0.4) is 0 Å². The summed E-state index contributed by atoms with van der Waals surface area (Å²) in [5.74, 6) is 1.02. The standard InChI is InChI=1S/C34H52N4O/c1-2-3-4-5-6-7-8-9-10-11-12-13-14-15-16-21-29-38-32-25-18-17-23-30(32)37-33(38)26-22-28-36-34(39)31-24-19-20-27-35-31/h17-20,23-25,27H,2-16,21-22,26,28-29H2,1H3,(H,36,39). The minimum absolute atomic E-state index is 0.114. The second kappa shape index (κ2) is 19.4. The Kier molecular flexibility index (Phi) is 15.3. The molecule has 0 bridgehead atoms. The molecular weight excluding hydrogens is 480 g/mol. The Morgan fingerprint density at radius 3 is 1.92 bits per heavy atom. The first kappa shape index (κ1) is 30.8. The summed E-state index contributed by atoms with van der Waals surface area (Å²) in [5, 5.41) is 2.99. The molecule has 1 amide bonds. The van der Waals surface area contributed by atoms with Crippen molar-refractivity contribution in [3.05, 3.63) is 60.2 Å². The van der Waals surface area contributed by atoms with Gasteiger partial charge in [0.05, 0.1) is 11.0 Å². The Labute approximate surface area is 237 Å². The van der Waals surface area contributed by atoms with E-state index in [1.165, 1.54) is 108 Å². The summed E-state index contributed by atoms with van der Waals surface area (Å²) in [7, 11) is 0. The lowest BCUT2D eigenvalue weighted by Gasteiger charge is -2.10. The minimum Gasteiger partial charge on any atom is -0.351 e. The summed E-state index contributed by atoms with van der Waals surface area (Å²) < 4.78 is 2.40. The van der Waals surface area contributed by atoms with Gasteiger partial charge in [0.2, 0.25) is 0 Å². The molecule has 1 aromatic carbocycles. The fraction of sp³-hybridized carbons (Fsp3) is 0.618. The maximum absolute atomic E-state index is 12.2. The Bertz CT molecular complexity index is 1050. The van der Waals surface area contributed by atoms with E-state index in [9.17, 15) is 4.79 Å². The van der Waals surface area contributed by atoms with E-state index in [1.54, 1.807) is 12.3 Å². The molecule has 39 heavy (non-hydrogen) atoms. The largest absolute Gasteiger partial charge is 0.351 e. The monoisotopic (exact) mass is 532 g/mol. The van der Waals surface area contributed by atoms with Gasteiger partial charge in [-0.2, -0.15) is 0 Å². The predicted octanol–water partition coefficient (Wildman–Crippen LogP) is 9.06. The first-order valence-electron chi connectivity index (χ1n) is 15.9. The van der Waals surface area contributed by atoms with Gasteiger partial charge >= 0.3 is 0 Å². The third-order valence-electron chi connectivity index (χ3n) is 7.73. The van der Waals surface area contributed by atoms with Gasteiger partial charge in [-0.3, -0.25) is 9.78 Å². The van der Waals surface area contributed by atoms with E-state index in [2.05, 4.69) is 46.1 Å². The van der Waals surface area contributed by atoms with Gasteiger partial charge in [0.1, 0.15) is 11.5 Å². The highest BCUT2D eigenvalue weighted by Crippen LogP contribution is 2.19. The Morgan fingerprint density at radius 2 is 1.31 bits per heavy atom. The highest BCUT2D eigenvalue weighted by molar-refractivity contribution is 5.92. The maximum Gasteiger partial charge on any atom is 0.269 e. The molecule has 0 fully saturated rings. The zero-order chi connectivity index (χ0) is 27.4. The highest BCUT2D eigenvalue weighted by atomic mass is 16.1. The molecule has 3 rings (SSSR count). The number of nitrogens with zero attached hydrogens (tertiary/aromatic N) is 3. The molecule has 5 nitrogen and oxygen atoms in total. The highest BCUT2D eigenvalue weighted by Gasteiger charge is 2.11. The lowest BCUT2D eigenvalue weighted by atomic mass is 10.0.